The lowest BCUT2D eigenvalue weighted by Crippen LogP contribution is -2.47. The molecule has 39 heavy (non-hydrogen) atoms. The molecule has 3 aliphatic rings. The summed E-state index contributed by atoms with van der Waals surface area (Å²) in [5.74, 6) is 0.313. The van der Waals surface area contributed by atoms with E-state index in [1.165, 1.54) is 68.7 Å². The summed E-state index contributed by atoms with van der Waals surface area (Å²) >= 11 is 1.77. The number of H-pyrrole nitrogens is 1. The first-order chi connectivity index (χ1) is 18.7. The van der Waals surface area contributed by atoms with Crippen LogP contribution in [0.3, 0.4) is 0 Å². The van der Waals surface area contributed by atoms with Crippen LogP contribution in [0.1, 0.15) is 61.1 Å². The lowest BCUT2D eigenvalue weighted by Gasteiger charge is -2.34. The molecule has 0 atom stereocenters. The largest absolute Gasteiger partial charge is 0.395 e. The molecule has 5 heterocycles. The van der Waals surface area contributed by atoms with Gasteiger partial charge in [-0.3, -0.25) is 9.69 Å². The van der Waals surface area contributed by atoms with Crippen molar-refractivity contribution in [3.8, 4) is 11.3 Å². The van der Waals surface area contributed by atoms with Crippen LogP contribution in [0.5, 0.6) is 0 Å². The number of aromatic amines is 1. The molecule has 0 aliphatic carbocycles. The zero-order valence-electron chi connectivity index (χ0n) is 24.1. The topological polar surface area (TPSA) is 62.8 Å². The smallest absolute Gasteiger partial charge is 0.233 e. The Hall–Kier alpha value is -2.19. The van der Waals surface area contributed by atoms with Crippen LogP contribution in [-0.4, -0.2) is 88.7 Å². The van der Waals surface area contributed by atoms with Crippen molar-refractivity contribution in [1.82, 2.24) is 19.7 Å². The van der Waals surface area contributed by atoms with Gasteiger partial charge in [0.15, 0.2) is 0 Å². The second-order valence-electron chi connectivity index (χ2n) is 12.7. The maximum absolute atomic E-state index is 13.9. The molecule has 2 bridgehead atoms. The SMILES string of the molecule is Cc1cc(C)cc(-c2[nH]c3sc(C(C)(C)C(=O)N4C5CCC4CC5)cc3c2CCN2CCN(CCO)CC2)c1. The number of hydrogen-bond acceptors (Lipinski definition) is 5. The highest BCUT2D eigenvalue weighted by Crippen LogP contribution is 2.44. The van der Waals surface area contributed by atoms with Gasteiger partial charge in [-0.05, 0) is 89.1 Å². The van der Waals surface area contributed by atoms with Crippen LogP contribution in [0.15, 0.2) is 24.3 Å². The van der Waals surface area contributed by atoms with Gasteiger partial charge >= 0.3 is 0 Å². The summed E-state index contributed by atoms with van der Waals surface area (Å²) in [7, 11) is 0. The Labute approximate surface area is 237 Å². The maximum atomic E-state index is 13.9. The van der Waals surface area contributed by atoms with E-state index in [1.54, 1.807) is 11.3 Å². The molecule has 6 rings (SSSR count). The van der Waals surface area contributed by atoms with E-state index >= 15 is 0 Å². The Morgan fingerprint density at radius 2 is 1.54 bits per heavy atom. The van der Waals surface area contributed by atoms with E-state index in [-0.39, 0.29) is 6.61 Å². The van der Waals surface area contributed by atoms with Gasteiger partial charge in [0.25, 0.3) is 0 Å². The minimum absolute atomic E-state index is 0.235. The summed E-state index contributed by atoms with van der Waals surface area (Å²) < 4.78 is 0. The number of aliphatic hydroxyl groups excluding tert-OH is 1. The van der Waals surface area contributed by atoms with Crippen LogP contribution >= 0.6 is 11.3 Å². The number of carbonyl (C=O) groups excluding carboxylic acids is 1. The number of thiophene rings is 1. The summed E-state index contributed by atoms with van der Waals surface area (Å²) in [6.07, 6.45) is 5.68. The first-order valence-electron chi connectivity index (χ1n) is 14.9. The first-order valence-corrected chi connectivity index (χ1v) is 15.7. The molecular formula is C32H44N4O2S. The fourth-order valence-corrected chi connectivity index (χ4v) is 8.47. The van der Waals surface area contributed by atoms with Crippen LogP contribution in [0.25, 0.3) is 21.5 Å². The zero-order valence-corrected chi connectivity index (χ0v) is 24.9. The van der Waals surface area contributed by atoms with Crippen LogP contribution in [0.2, 0.25) is 0 Å². The number of aryl methyl sites for hydroxylation is 2. The molecule has 0 saturated carbocycles. The lowest BCUT2D eigenvalue weighted by molar-refractivity contribution is -0.137. The van der Waals surface area contributed by atoms with E-state index < -0.39 is 5.41 Å². The predicted octanol–water partition coefficient (Wildman–Crippen LogP) is 5.10. The number of benzene rings is 1. The molecule has 6 nitrogen and oxygen atoms in total. The molecule has 2 aromatic heterocycles. The number of nitrogens with one attached hydrogen (secondary N) is 1. The van der Waals surface area contributed by atoms with Gasteiger partial charge < -0.3 is 19.9 Å². The number of β-amino-alcohol motifs (C(OH)–C–C–N with tert-alkyl or cyclic N) is 1. The van der Waals surface area contributed by atoms with E-state index in [0.717, 1.165) is 45.7 Å². The fourth-order valence-electron chi connectivity index (χ4n) is 7.29. The molecule has 3 saturated heterocycles. The normalized spacial score (nSPS) is 22.4. The minimum atomic E-state index is -0.518. The monoisotopic (exact) mass is 548 g/mol. The average Bonchev–Trinajstić information content (AvgIpc) is 3.68. The van der Waals surface area contributed by atoms with E-state index in [1.807, 2.05) is 0 Å². The van der Waals surface area contributed by atoms with Crippen molar-refractivity contribution in [2.24, 2.45) is 0 Å². The molecule has 1 aromatic carbocycles. The Morgan fingerprint density at radius 3 is 2.13 bits per heavy atom. The molecule has 0 unspecified atom stereocenters. The van der Waals surface area contributed by atoms with E-state index in [9.17, 15) is 9.90 Å². The van der Waals surface area contributed by atoms with Crippen molar-refractivity contribution in [3.63, 3.8) is 0 Å². The predicted molar refractivity (Wildman–Crippen MR) is 161 cm³/mol. The number of piperazine rings is 1. The molecule has 3 aromatic rings. The second kappa shape index (κ2) is 10.7. The Kier molecular flexibility index (Phi) is 7.38. The summed E-state index contributed by atoms with van der Waals surface area (Å²) in [6.45, 7) is 14.8. The number of amides is 1. The Balaban J connectivity index is 1.30. The molecule has 0 radical (unpaired) electrons. The molecule has 1 amide bonds. The molecule has 3 aliphatic heterocycles. The quantitative estimate of drug-likeness (QED) is 0.411. The van der Waals surface area contributed by atoms with E-state index in [2.05, 4.69) is 71.6 Å². The van der Waals surface area contributed by atoms with Gasteiger partial charge in [0.05, 0.1) is 17.7 Å². The van der Waals surface area contributed by atoms with Gasteiger partial charge in [-0.15, -0.1) is 11.3 Å². The zero-order chi connectivity index (χ0) is 27.3. The minimum Gasteiger partial charge on any atom is -0.395 e. The van der Waals surface area contributed by atoms with Gasteiger partial charge in [-0.2, -0.15) is 0 Å². The summed E-state index contributed by atoms with van der Waals surface area (Å²) in [5.41, 5.74) is 5.90. The summed E-state index contributed by atoms with van der Waals surface area (Å²) in [6, 6.07) is 10.0. The van der Waals surface area contributed by atoms with Gasteiger partial charge in [-0.25, -0.2) is 0 Å². The Bertz CT molecular complexity index is 1310. The lowest BCUT2D eigenvalue weighted by atomic mass is 9.88. The van der Waals surface area contributed by atoms with Crippen molar-refractivity contribution < 1.29 is 9.90 Å². The van der Waals surface area contributed by atoms with Crippen molar-refractivity contribution >= 4 is 27.5 Å². The van der Waals surface area contributed by atoms with Crippen LogP contribution in [-0.2, 0) is 16.6 Å². The van der Waals surface area contributed by atoms with Crippen molar-refractivity contribution in [2.45, 2.75) is 77.3 Å². The number of rotatable bonds is 8. The number of hydrogen-bond donors (Lipinski definition) is 2. The van der Waals surface area contributed by atoms with Crippen molar-refractivity contribution in [2.75, 3.05) is 45.9 Å². The highest BCUT2D eigenvalue weighted by atomic mass is 32.1. The van der Waals surface area contributed by atoms with Crippen molar-refractivity contribution in [3.05, 3.63) is 45.8 Å². The molecular weight excluding hydrogens is 504 g/mol. The van der Waals surface area contributed by atoms with Crippen LogP contribution in [0.4, 0.5) is 0 Å². The Morgan fingerprint density at radius 1 is 0.949 bits per heavy atom. The van der Waals surface area contributed by atoms with Gasteiger partial charge in [-0.1, -0.05) is 17.2 Å². The molecule has 3 fully saturated rings. The molecule has 210 valence electrons. The molecule has 0 spiro atoms. The van der Waals surface area contributed by atoms with Crippen LogP contribution < -0.4 is 0 Å². The average molecular weight is 549 g/mol. The van der Waals surface area contributed by atoms with E-state index in [0.29, 0.717) is 18.0 Å². The number of aromatic nitrogens is 1. The number of fused-ring (bicyclic) bond motifs is 3. The molecule has 2 N–H and O–H groups in total. The third-order valence-corrected chi connectivity index (χ3v) is 10.9. The third kappa shape index (κ3) is 5.08. The number of nitrogens with zero attached hydrogens (tertiary/aromatic N) is 3. The summed E-state index contributed by atoms with van der Waals surface area (Å²) in [4.78, 5) is 27.2. The van der Waals surface area contributed by atoms with Gasteiger partial charge in [0.1, 0.15) is 4.83 Å². The van der Waals surface area contributed by atoms with E-state index in [4.69, 9.17) is 0 Å². The maximum Gasteiger partial charge on any atom is 0.233 e. The fraction of sp³-hybridized carbons (Fsp3) is 0.594. The summed E-state index contributed by atoms with van der Waals surface area (Å²) in [5, 5.41) is 10.6. The third-order valence-electron chi connectivity index (χ3n) is 9.51. The van der Waals surface area contributed by atoms with Gasteiger partial charge in [0, 0.05) is 61.6 Å². The molecule has 7 heteroatoms. The van der Waals surface area contributed by atoms with Gasteiger partial charge in [0.2, 0.25) is 5.91 Å². The number of aliphatic hydroxyl groups is 1. The second-order valence-corrected chi connectivity index (χ2v) is 13.7. The number of carbonyl (C=O) groups is 1. The van der Waals surface area contributed by atoms with Crippen LogP contribution in [0, 0.1) is 13.8 Å². The first kappa shape index (κ1) is 27.0. The highest BCUT2D eigenvalue weighted by molar-refractivity contribution is 7.19. The standard InChI is InChI=1S/C32H44N4O2S/c1-21-17-22(2)19-23(18-21)29-26(9-10-34-11-13-35(14-12-34)15-16-37)27-20-28(39-30(27)33-29)32(3,4)31(38)36-24-5-6-25(36)8-7-24/h17-20,24-25,33,37H,5-16H2,1-4H3. The van der Waals surface area contributed by atoms with Crippen molar-refractivity contribution in [1.29, 1.82) is 0 Å². The highest BCUT2D eigenvalue weighted by Gasteiger charge is 2.47.